The lowest BCUT2D eigenvalue weighted by Gasteiger charge is -2.31. The minimum Gasteiger partial charge on any atom is -0.496 e. The van der Waals surface area contributed by atoms with Gasteiger partial charge in [-0.1, -0.05) is 30.3 Å². The molecule has 0 aliphatic carbocycles. The number of nitrogens with zero attached hydrogens (tertiary/aromatic N) is 3. The lowest BCUT2D eigenvalue weighted by atomic mass is 9.97. The summed E-state index contributed by atoms with van der Waals surface area (Å²) in [6.45, 7) is 3.00. The Balaban J connectivity index is 1.47. The number of nitrogens with one attached hydrogen (secondary N) is 1. The Morgan fingerprint density at radius 2 is 1.91 bits per heavy atom. The van der Waals surface area contributed by atoms with Gasteiger partial charge in [0.1, 0.15) is 11.4 Å². The fourth-order valence-electron chi connectivity index (χ4n) is 4.38. The summed E-state index contributed by atoms with van der Waals surface area (Å²) in [7, 11) is 1.61. The molecule has 3 aromatic rings. The molecule has 1 aromatic heterocycles. The van der Waals surface area contributed by atoms with E-state index in [0.29, 0.717) is 30.1 Å². The molecular weight excluding hydrogens is 430 g/mol. The number of ether oxygens (including phenoxy) is 1. The second kappa shape index (κ2) is 11.0. The molecule has 2 aromatic carbocycles. The third kappa shape index (κ3) is 5.46. The highest BCUT2D eigenvalue weighted by Crippen LogP contribution is 2.31. The fourth-order valence-corrected chi connectivity index (χ4v) is 4.38. The Hall–Kier alpha value is -3.65. The third-order valence-electron chi connectivity index (χ3n) is 6.19. The quantitative estimate of drug-likeness (QED) is 0.477. The largest absolute Gasteiger partial charge is 0.496 e. The molecule has 178 valence electrons. The molecule has 1 atom stereocenters. The Kier molecular flexibility index (Phi) is 7.59. The maximum Gasteiger partial charge on any atom is 0.255 e. The van der Waals surface area contributed by atoms with Crippen molar-refractivity contribution >= 4 is 11.8 Å². The van der Waals surface area contributed by atoms with E-state index in [-0.39, 0.29) is 17.7 Å². The van der Waals surface area contributed by atoms with Crippen molar-refractivity contribution in [2.75, 3.05) is 33.3 Å². The topological polar surface area (TPSA) is 102 Å². The normalized spacial score (nSPS) is 16.2. The van der Waals surface area contributed by atoms with E-state index < -0.39 is 0 Å². The number of rotatable bonds is 9. The first kappa shape index (κ1) is 23.5. The molecule has 0 saturated carbocycles. The van der Waals surface area contributed by atoms with Crippen LogP contribution < -0.4 is 15.8 Å². The number of carbonyl (C=O) groups excluding carboxylic acids is 2. The van der Waals surface area contributed by atoms with Crippen LogP contribution in [0.1, 0.15) is 29.6 Å². The zero-order valence-corrected chi connectivity index (χ0v) is 19.4. The summed E-state index contributed by atoms with van der Waals surface area (Å²) in [6, 6.07) is 17.2. The minimum atomic E-state index is -0.225. The van der Waals surface area contributed by atoms with Gasteiger partial charge >= 0.3 is 0 Å². The Morgan fingerprint density at radius 3 is 2.68 bits per heavy atom. The highest BCUT2D eigenvalue weighted by molar-refractivity contribution is 6.00. The molecule has 8 heteroatoms. The van der Waals surface area contributed by atoms with Crippen LogP contribution in [0.5, 0.6) is 5.75 Å². The maximum atomic E-state index is 13.2. The fraction of sp³-hybridized carbons (Fsp3) is 0.346. The number of nitrogens with two attached hydrogens (primary N) is 1. The van der Waals surface area contributed by atoms with Crippen LogP contribution in [0.2, 0.25) is 0 Å². The smallest absolute Gasteiger partial charge is 0.255 e. The Morgan fingerprint density at radius 1 is 1.15 bits per heavy atom. The van der Waals surface area contributed by atoms with Gasteiger partial charge in [-0.25, -0.2) is 4.68 Å². The van der Waals surface area contributed by atoms with Crippen molar-refractivity contribution in [3.05, 3.63) is 66.4 Å². The van der Waals surface area contributed by atoms with Crippen LogP contribution >= 0.6 is 0 Å². The van der Waals surface area contributed by atoms with Crippen LogP contribution in [-0.4, -0.2) is 59.8 Å². The van der Waals surface area contributed by atoms with E-state index in [2.05, 4.69) is 10.2 Å². The van der Waals surface area contributed by atoms with E-state index in [1.165, 1.54) is 0 Å². The number of hydrogen-bond acceptors (Lipinski definition) is 5. The lowest BCUT2D eigenvalue weighted by Crippen LogP contribution is -2.42. The van der Waals surface area contributed by atoms with Crippen molar-refractivity contribution in [1.82, 2.24) is 20.0 Å². The molecule has 2 amide bonds. The van der Waals surface area contributed by atoms with Crippen molar-refractivity contribution in [1.29, 1.82) is 0 Å². The number of likely N-dealkylation sites (tertiary alicyclic amines) is 1. The summed E-state index contributed by atoms with van der Waals surface area (Å²) in [4.78, 5) is 26.9. The monoisotopic (exact) mass is 461 g/mol. The molecule has 0 spiro atoms. The predicted molar refractivity (Wildman–Crippen MR) is 131 cm³/mol. The van der Waals surface area contributed by atoms with Crippen molar-refractivity contribution < 1.29 is 14.3 Å². The number of hydrogen-bond donors (Lipinski definition) is 2. The number of amides is 2. The van der Waals surface area contributed by atoms with E-state index in [4.69, 9.17) is 15.6 Å². The lowest BCUT2D eigenvalue weighted by molar-refractivity contribution is -0.123. The molecule has 1 saturated heterocycles. The molecule has 1 aliphatic heterocycles. The van der Waals surface area contributed by atoms with E-state index in [1.807, 2.05) is 54.6 Å². The van der Waals surface area contributed by atoms with Gasteiger partial charge in [-0.05, 0) is 56.6 Å². The second-order valence-electron chi connectivity index (χ2n) is 8.52. The van der Waals surface area contributed by atoms with Gasteiger partial charge in [-0.15, -0.1) is 0 Å². The van der Waals surface area contributed by atoms with Gasteiger partial charge in [-0.3, -0.25) is 9.59 Å². The van der Waals surface area contributed by atoms with Crippen LogP contribution in [0.3, 0.4) is 0 Å². The maximum absolute atomic E-state index is 13.2. The molecule has 1 fully saturated rings. The SMILES string of the molecule is COc1ccccc1-c1nn(-c2ccccc2)cc1C(=O)NCCCN1CCCC(C(N)=O)C1. The molecule has 2 heterocycles. The van der Waals surface area contributed by atoms with Crippen molar-refractivity contribution in [2.24, 2.45) is 11.7 Å². The first-order chi connectivity index (χ1) is 16.6. The molecule has 0 radical (unpaired) electrons. The van der Waals surface area contributed by atoms with E-state index in [9.17, 15) is 9.59 Å². The zero-order valence-electron chi connectivity index (χ0n) is 19.4. The van der Waals surface area contributed by atoms with Crippen LogP contribution in [0.25, 0.3) is 16.9 Å². The summed E-state index contributed by atoms with van der Waals surface area (Å²) >= 11 is 0. The molecular formula is C26H31N5O3. The van der Waals surface area contributed by atoms with Gasteiger partial charge in [0.2, 0.25) is 5.91 Å². The number of primary amides is 1. The van der Waals surface area contributed by atoms with Crippen LogP contribution in [-0.2, 0) is 4.79 Å². The minimum absolute atomic E-state index is 0.0735. The van der Waals surface area contributed by atoms with Gasteiger partial charge in [0.25, 0.3) is 5.91 Å². The highest BCUT2D eigenvalue weighted by Gasteiger charge is 2.24. The zero-order chi connectivity index (χ0) is 23.9. The Labute approximate surface area is 199 Å². The van der Waals surface area contributed by atoms with Gasteiger partial charge < -0.3 is 20.7 Å². The van der Waals surface area contributed by atoms with Crippen LogP contribution in [0, 0.1) is 5.92 Å². The van der Waals surface area contributed by atoms with E-state index >= 15 is 0 Å². The summed E-state index contributed by atoms with van der Waals surface area (Å²) in [5.74, 6) is 0.175. The molecule has 8 nitrogen and oxygen atoms in total. The van der Waals surface area contributed by atoms with Gasteiger partial charge in [0, 0.05) is 24.8 Å². The third-order valence-corrected chi connectivity index (χ3v) is 6.19. The molecule has 34 heavy (non-hydrogen) atoms. The standard InChI is InChI=1S/C26H31N5O3/c1-34-23-13-6-5-12-21(23)24-22(18-31(29-24)20-10-3-2-4-11-20)26(33)28-14-8-16-30-15-7-9-19(17-30)25(27)32/h2-6,10-13,18-19H,7-9,14-17H2,1H3,(H2,27,32)(H,28,33). The summed E-state index contributed by atoms with van der Waals surface area (Å²) in [5, 5.41) is 7.76. The van der Waals surface area contributed by atoms with Crippen LogP contribution in [0.4, 0.5) is 0 Å². The number of benzene rings is 2. The summed E-state index contributed by atoms with van der Waals surface area (Å²) < 4.78 is 7.24. The van der Waals surface area contributed by atoms with Gasteiger partial charge in [0.05, 0.1) is 24.3 Å². The highest BCUT2D eigenvalue weighted by atomic mass is 16.5. The molecule has 0 bridgehead atoms. The average molecular weight is 462 g/mol. The van der Waals surface area contributed by atoms with Crippen LogP contribution in [0.15, 0.2) is 60.8 Å². The Bertz CT molecular complexity index is 1130. The molecule has 1 unspecified atom stereocenters. The second-order valence-corrected chi connectivity index (χ2v) is 8.52. The van der Waals surface area contributed by atoms with E-state index in [0.717, 1.165) is 43.6 Å². The predicted octanol–water partition coefficient (Wildman–Crippen LogP) is 2.87. The number of aromatic nitrogens is 2. The number of piperidine rings is 1. The molecule has 3 N–H and O–H groups in total. The van der Waals surface area contributed by atoms with Gasteiger partial charge in [-0.2, -0.15) is 5.10 Å². The van der Waals surface area contributed by atoms with Crippen molar-refractivity contribution in [2.45, 2.75) is 19.3 Å². The van der Waals surface area contributed by atoms with E-state index in [1.54, 1.807) is 18.0 Å². The number of carbonyl (C=O) groups is 2. The number of para-hydroxylation sites is 2. The first-order valence-corrected chi connectivity index (χ1v) is 11.6. The average Bonchev–Trinajstić information content (AvgIpc) is 3.33. The summed E-state index contributed by atoms with van der Waals surface area (Å²) in [6.07, 6.45) is 4.38. The number of methoxy groups -OCH3 is 1. The first-order valence-electron chi connectivity index (χ1n) is 11.6. The van der Waals surface area contributed by atoms with Crippen molar-refractivity contribution in [3.8, 4) is 22.7 Å². The molecule has 1 aliphatic rings. The molecule has 4 rings (SSSR count). The summed E-state index contributed by atoms with van der Waals surface area (Å²) in [5.41, 5.74) is 8.16. The van der Waals surface area contributed by atoms with Crippen molar-refractivity contribution in [3.63, 3.8) is 0 Å². The van der Waals surface area contributed by atoms with Gasteiger partial charge in [0.15, 0.2) is 0 Å².